The molecule has 5 heteroatoms. The lowest BCUT2D eigenvalue weighted by Gasteiger charge is -2.05. The number of ether oxygens (including phenoxy) is 1. The Morgan fingerprint density at radius 3 is 2.78 bits per heavy atom. The SMILES string of the molecule is CCCNCc1c(C)nn(CCC(=O)OC)c1C. The van der Waals surface area contributed by atoms with Gasteiger partial charge in [0.25, 0.3) is 0 Å². The molecule has 1 aromatic heterocycles. The highest BCUT2D eigenvalue weighted by molar-refractivity contribution is 5.68. The van der Waals surface area contributed by atoms with E-state index in [2.05, 4.69) is 22.1 Å². The third-order valence-corrected chi connectivity index (χ3v) is 3.02. The molecule has 1 heterocycles. The number of nitrogens with one attached hydrogen (secondary N) is 1. The van der Waals surface area contributed by atoms with Gasteiger partial charge in [-0.05, 0) is 26.8 Å². The number of aromatic nitrogens is 2. The lowest BCUT2D eigenvalue weighted by molar-refractivity contribution is -0.140. The largest absolute Gasteiger partial charge is 0.469 e. The van der Waals surface area contributed by atoms with Crippen molar-refractivity contribution in [2.45, 2.75) is 46.7 Å². The van der Waals surface area contributed by atoms with Crippen molar-refractivity contribution >= 4 is 5.97 Å². The Bertz CT molecular complexity index is 399. The van der Waals surface area contributed by atoms with Crippen LogP contribution in [0.15, 0.2) is 0 Å². The van der Waals surface area contributed by atoms with Crippen molar-refractivity contribution < 1.29 is 9.53 Å². The molecule has 0 bridgehead atoms. The summed E-state index contributed by atoms with van der Waals surface area (Å²) in [5, 5.41) is 7.84. The van der Waals surface area contributed by atoms with E-state index in [4.69, 9.17) is 0 Å². The molecule has 0 aromatic carbocycles. The van der Waals surface area contributed by atoms with Crippen molar-refractivity contribution in [2.24, 2.45) is 0 Å². The number of rotatable bonds is 7. The number of carbonyl (C=O) groups excluding carboxylic acids is 1. The Hall–Kier alpha value is -1.36. The first-order valence-corrected chi connectivity index (χ1v) is 6.40. The molecule has 0 aliphatic carbocycles. The maximum atomic E-state index is 11.1. The van der Waals surface area contributed by atoms with E-state index in [9.17, 15) is 4.79 Å². The van der Waals surface area contributed by atoms with Crippen LogP contribution in [0.5, 0.6) is 0 Å². The fraction of sp³-hybridized carbons (Fsp3) is 0.692. The first-order valence-electron chi connectivity index (χ1n) is 6.40. The van der Waals surface area contributed by atoms with Crippen molar-refractivity contribution in [3.63, 3.8) is 0 Å². The minimum atomic E-state index is -0.201. The van der Waals surface area contributed by atoms with E-state index in [-0.39, 0.29) is 5.97 Å². The van der Waals surface area contributed by atoms with Crippen molar-refractivity contribution in [3.05, 3.63) is 17.0 Å². The van der Waals surface area contributed by atoms with Gasteiger partial charge in [0, 0.05) is 17.8 Å². The van der Waals surface area contributed by atoms with Crippen LogP contribution in [0.1, 0.15) is 36.7 Å². The molecule has 18 heavy (non-hydrogen) atoms. The molecule has 0 atom stereocenters. The summed E-state index contributed by atoms with van der Waals surface area (Å²) in [5.74, 6) is -0.201. The Morgan fingerprint density at radius 1 is 1.44 bits per heavy atom. The molecule has 0 aliphatic heterocycles. The second-order valence-corrected chi connectivity index (χ2v) is 4.38. The van der Waals surface area contributed by atoms with Gasteiger partial charge >= 0.3 is 5.97 Å². The number of nitrogens with zero attached hydrogens (tertiary/aromatic N) is 2. The molecule has 0 aliphatic rings. The molecule has 5 nitrogen and oxygen atoms in total. The number of aryl methyl sites for hydroxylation is 2. The molecule has 0 fully saturated rings. The van der Waals surface area contributed by atoms with Gasteiger partial charge in [-0.25, -0.2) is 0 Å². The molecule has 1 aromatic rings. The molecule has 1 N–H and O–H groups in total. The highest BCUT2D eigenvalue weighted by atomic mass is 16.5. The maximum absolute atomic E-state index is 11.1. The molecule has 102 valence electrons. The van der Waals surface area contributed by atoms with Crippen LogP contribution in [-0.2, 0) is 22.6 Å². The zero-order valence-corrected chi connectivity index (χ0v) is 11.7. The molecule has 0 unspecified atom stereocenters. The number of hydrogen-bond acceptors (Lipinski definition) is 4. The van der Waals surface area contributed by atoms with Gasteiger partial charge in [0.2, 0.25) is 0 Å². The molecule has 0 amide bonds. The van der Waals surface area contributed by atoms with E-state index in [1.807, 2.05) is 18.5 Å². The van der Waals surface area contributed by atoms with Gasteiger partial charge in [-0.3, -0.25) is 9.48 Å². The summed E-state index contributed by atoms with van der Waals surface area (Å²) in [6, 6.07) is 0. The quantitative estimate of drug-likeness (QED) is 0.592. The van der Waals surface area contributed by atoms with Crippen molar-refractivity contribution in [1.82, 2.24) is 15.1 Å². The van der Waals surface area contributed by atoms with Gasteiger partial charge in [0.05, 0.1) is 25.8 Å². The van der Waals surface area contributed by atoms with Crippen molar-refractivity contribution in [3.8, 4) is 0 Å². The summed E-state index contributed by atoms with van der Waals surface area (Å²) in [6.45, 7) is 8.61. The lowest BCUT2D eigenvalue weighted by Crippen LogP contribution is -2.15. The highest BCUT2D eigenvalue weighted by Crippen LogP contribution is 2.13. The molecule has 0 saturated carbocycles. The van der Waals surface area contributed by atoms with Crippen molar-refractivity contribution in [2.75, 3.05) is 13.7 Å². The van der Waals surface area contributed by atoms with Gasteiger partial charge in [-0.1, -0.05) is 6.92 Å². The third kappa shape index (κ3) is 3.84. The van der Waals surface area contributed by atoms with Crippen LogP contribution in [0.4, 0.5) is 0 Å². The van der Waals surface area contributed by atoms with Gasteiger partial charge < -0.3 is 10.1 Å². The highest BCUT2D eigenvalue weighted by Gasteiger charge is 2.11. The van der Waals surface area contributed by atoms with Crippen LogP contribution in [0.2, 0.25) is 0 Å². The Morgan fingerprint density at radius 2 is 2.17 bits per heavy atom. The summed E-state index contributed by atoms with van der Waals surface area (Å²) >= 11 is 0. The monoisotopic (exact) mass is 253 g/mol. The third-order valence-electron chi connectivity index (χ3n) is 3.02. The molecular formula is C13H23N3O2. The fourth-order valence-corrected chi connectivity index (χ4v) is 1.90. The molecule has 0 saturated heterocycles. The topological polar surface area (TPSA) is 56.2 Å². The van der Waals surface area contributed by atoms with E-state index in [1.54, 1.807) is 0 Å². The van der Waals surface area contributed by atoms with E-state index >= 15 is 0 Å². The second-order valence-electron chi connectivity index (χ2n) is 4.38. The summed E-state index contributed by atoms with van der Waals surface area (Å²) in [4.78, 5) is 11.1. The number of carbonyl (C=O) groups is 1. The Kier molecular flexibility index (Phi) is 5.85. The van der Waals surface area contributed by atoms with Gasteiger partial charge in [0.1, 0.15) is 0 Å². The molecule has 1 rings (SSSR count). The van der Waals surface area contributed by atoms with Gasteiger partial charge in [0.15, 0.2) is 0 Å². The van der Waals surface area contributed by atoms with Gasteiger partial charge in [-0.2, -0.15) is 5.10 Å². The minimum absolute atomic E-state index is 0.201. The van der Waals surface area contributed by atoms with E-state index in [0.29, 0.717) is 13.0 Å². The normalized spacial score (nSPS) is 10.7. The van der Waals surface area contributed by atoms with E-state index < -0.39 is 0 Å². The lowest BCUT2D eigenvalue weighted by atomic mass is 10.2. The summed E-state index contributed by atoms with van der Waals surface area (Å²) in [5.41, 5.74) is 3.38. The van der Waals surface area contributed by atoms with E-state index in [1.165, 1.54) is 12.7 Å². The number of esters is 1. The summed E-state index contributed by atoms with van der Waals surface area (Å²) < 4.78 is 6.52. The summed E-state index contributed by atoms with van der Waals surface area (Å²) in [6.07, 6.45) is 1.48. The first kappa shape index (κ1) is 14.7. The van der Waals surface area contributed by atoms with Gasteiger partial charge in [-0.15, -0.1) is 0 Å². The molecular weight excluding hydrogens is 230 g/mol. The number of methoxy groups -OCH3 is 1. The van der Waals surface area contributed by atoms with E-state index in [0.717, 1.165) is 30.9 Å². The smallest absolute Gasteiger partial charge is 0.307 e. The predicted molar refractivity (Wildman–Crippen MR) is 70.3 cm³/mol. The predicted octanol–water partition coefficient (Wildman–Crippen LogP) is 1.56. The zero-order chi connectivity index (χ0) is 13.5. The standard InChI is InChI=1S/C13H23N3O2/c1-5-7-14-9-12-10(2)15-16(11(12)3)8-6-13(17)18-4/h14H,5-9H2,1-4H3. The van der Waals surface area contributed by atoms with Crippen LogP contribution >= 0.6 is 0 Å². The minimum Gasteiger partial charge on any atom is -0.469 e. The number of hydrogen-bond donors (Lipinski definition) is 1. The van der Waals surface area contributed by atoms with Crippen LogP contribution in [0, 0.1) is 13.8 Å². The zero-order valence-electron chi connectivity index (χ0n) is 11.7. The Labute approximate surface area is 109 Å². The average Bonchev–Trinajstić information content (AvgIpc) is 2.63. The maximum Gasteiger partial charge on any atom is 0.307 e. The van der Waals surface area contributed by atoms with Crippen LogP contribution in [0.25, 0.3) is 0 Å². The molecule has 0 radical (unpaired) electrons. The van der Waals surface area contributed by atoms with Crippen LogP contribution < -0.4 is 5.32 Å². The fourth-order valence-electron chi connectivity index (χ4n) is 1.90. The first-order chi connectivity index (χ1) is 8.60. The van der Waals surface area contributed by atoms with Crippen LogP contribution in [0.3, 0.4) is 0 Å². The second kappa shape index (κ2) is 7.16. The van der Waals surface area contributed by atoms with Crippen LogP contribution in [-0.4, -0.2) is 29.4 Å². The Balaban J connectivity index is 2.65. The molecule has 0 spiro atoms. The summed E-state index contributed by atoms with van der Waals surface area (Å²) in [7, 11) is 1.41. The van der Waals surface area contributed by atoms with Crippen molar-refractivity contribution in [1.29, 1.82) is 0 Å². The average molecular weight is 253 g/mol.